The fraction of sp³-hybridized carbons (Fsp3) is 0.480. The van der Waals surface area contributed by atoms with Gasteiger partial charge in [-0.25, -0.2) is 4.79 Å². The minimum atomic E-state index is -4.38. The molecule has 0 atom stereocenters. The molecule has 1 amide bonds. The van der Waals surface area contributed by atoms with Gasteiger partial charge in [0.05, 0.1) is 0 Å². The molecule has 0 aromatic heterocycles. The predicted molar refractivity (Wildman–Crippen MR) is 126 cm³/mol. The minimum Gasteiger partial charge on any atom is -0.334 e. The van der Waals surface area contributed by atoms with Crippen LogP contribution in [0.25, 0.3) is 11.1 Å². The second-order valence-corrected chi connectivity index (χ2v) is 10.7. The van der Waals surface area contributed by atoms with E-state index in [1.54, 1.807) is 0 Å². The van der Waals surface area contributed by atoms with Gasteiger partial charge in [-0.15, -0.1) is 0 Å². The monoisotopic (exact) mass is 445 g/mol. The zero-order valence-corrected chi connectivity index (χ0v) is 20.6. The lowest BCUT2D eigenvalue weighted by Crippen LogP contribution is -2.22. The van der Waals surface area contributed by atoms with Crippen LogP contribution in [-0.4, -0.2) is 14.5 Å². The number of rotatable bonds is 7. The molecule has 5 nitrogen and oxygen atoms in total. The van der Waals surface area contributed by atoms with Crippen LogP contribution in [-0.2, 0) is 14.3 Å². The molecule has 170 valence electrons. The number of carbonyl (C=O) groups excluding carboxylic acids is 1. The Morgan fingerprint density at radius 1 is 0.774 bits per heavy atom. The molecule has 2 aromatic carbocycles. The van der Waals surface area contributed by atoms with Crippen LogP contribution in [0.1, 0.15) is 101 Å². The van der Waals surface area contributed by atoms with Crippen LogP contribution >= 0.6 is 0 Å². The Morgan fingerprint density at radius 3 is 1.65 bits per heavy atom. The Hall–Kier alpha value is -2.34. The number of benzene rings is 2. The summed E-state index contributed by atoms with van der Waals surface area (Å²) in [7, 11) is -4.38. The first-order chi connectivity index (χ1) is 14.3. The lowest BCUT2D eigenvalue weighted by Gasteiger charge is -2.26. The van der Waals surface area contributed by atoms with Crippen LogP contribution < -0.4 is 5.73 Å². The fourth-order valence-electron chi connectivity index (χ4n) is 4.15. The molecule has 0 spiro atoms. The number of primary amides is 1. The van der Waals surface area contributed by atoms with Gasteiger partial charge in [-0.1, -0.05) is 85.7 Å². The molecule has 0 saturated heterocycles. The van der Waals surface area contributed by atoms with Crippen molar-refractivity contribution in [2.24, 2.45) is 5.73 Å². The summed E-state index contributed by atoms with van der Waals surface area (Å²) in [6, 6.07) is 10.1. The molecule has 0 heterocycles. The molecule has 0 aliphatic rings. The second-order valence-electron chi connectivity index (χ2n) is 9.23. The van der Waals surface area contributed by atoms with E-state index in [9.17, 15) is 13.2 Å². The molecular weight excluding hydrogens is 410 g/mol. The molecule has 0 aliphatic carbocycles. The van der Waals surface area contributed by atoms with E-state index in [1.165, 1.54) is 0 Å². The van der Waals surface area contributed by atoms with E-state index in [1.807, 2.05) is 39.8 Å². The SMILES string of the molecule is CC(C)c1cccc(C(C)C)c1-c1ccc(C(C)C)c(S(=O)(=O)OC(N)=O)c1C(C)C. The highest BCUT2D eigenvalue weighted by molar-refractivity contribution is 7.87. The average molecular weight is 446 g/mol. The summed E-state index contributed by atoms with van der Waals surface area (Å²) >= 11 is 0. The van der Waals surface area contributed by atoms with Gasteiger partial charge in [0.15, 0.2) is 0 Å². The fourth-order valence-corrected chi connectivity index (χ4v) is 5.66. The summed E-state index contributed by atoms with van der Waals surface area (Å²) < 4.78 is 31.0. The van der Waals surface area contributed by atoms with E-state index in [-0.39, 0.29) is 28.6 Å². The maximum absolute atomic E-state index is 13.2. The van der Waals surface area contributed by atoms with Crippen LogP contribution in [0, 0.1) is 0 Å². The number of amides is 1. The van der Waals surface area contributed by atoms with Gasteiger partial charge >= 0.3 is 16.2 Å². The molecule has 0 fully saturated rings. The summed E-state index contributed by atoms with van der Waals surface area (Å²) in [6.45, 7) is 16.3. The lowest BCUT2D eigenvalue weighted by atomic mass is 9.80. The first kappa shape index (κ1) is 24.9. The van der Waals surface area contributed by atoms with Gasteiger partial charge in [0.25, 0.3) is 0 Å². The number of hydrogen-bond acceptors (Lipinski definition) is 4. The van der Waals surface area contributed by atoms with E-state index in [0.717, 1.165) is 22.3 Å². The van der Waals surface area contributed by atoms with Crippen molar-refractivity contribution in [1.82, 2.24) is 0 Å². The van der Waals surface area contributed by atoms with E-state index in [4.69, 9.17) is 5.73 Å². The van der Waals surface area contributed by atoms with Crippen molar-refractivity contribution in [3.05, 3.63) is 52.6 Å². The van der Waals surface area contributed by atoms with Crippen LogP contribution in [0.4, 0.5) is 4.79 Å². The Labute approximate surface area is 187 Å². The molecule has 2 aromatic rings. The molecule has 31 heavy (non-hydrogen) atoms. The molecule has 0 saturated carbocycles. The summed E-state index contributed by atoms with van der Waals surface area (Å²) in [6.07, 6.45) is -1.33. The van der Waals surface area contributed by atoms with Gasteiger partial charge in [-0.05, 0) is 57.1 Å². The third-order valence-electron chi connectivity index (χ3n) is 5.51. The van der Waals surface area contributed by atoms with Crippen LogP contribution in [0.15, 0.2) is 35.2 Å². The topological polar surface area (TPSA) is 86.5 Å². The molecule has 2 N–H and O–H groups in total. The maximum atomic E-state index is 13.2. The summed E-state index contributed by atoms with van der Waals surface area (Å²) in [5.74, 6) is 0.286. The van der Waals surface area contributed by atoms with Crippen LogP contribution in [0.5, 0.6) is 0 Å². The number of nitrogens with two attached hydrogens (primary N) is 1. The molecule has 0 bridgehead atoms. The van der Waals surface area contributed by atoms with Crippen molar-refractivity contribution < 1.29 is 17.4 Å². The quantitative estimate of drug-likeness (QED) is 0.484. The van der Waals surface area contributed by atoms with Crippen molar-refractivity contribution in [2.75, 3.05) is 0 Å². The largest absolute Gasteiger partial charge is 0.420 e. The third-order valence-corrected chi connectivity index (χ3v) is 6.85. The highest BCUT2D eigenvalue weighted by Gasteiger charge is 2.32. The highest BCUT2D eigenvalue weighted by Crippen LogP contribution is 2.44. The average Bonchev–Trinajstić information content (AvgIpc) is 2.64. The Balaban J connectivity index is 3.09. The Bertz CT molecular complexity index is 1040. The van der Waals surface area contributed by atoms with Crippen molar-refractivity contribution >= 4 is 16.2 Å². The standard InChI is InChI=1S/C25H35NO4S/c1-14(2)18-10-9-11-19(15(3)4)23(18)21-13-12-20(16(5)6)24(22(21)17(7)8)31(28,29)30-25(26)27/h9-17H,1-8H3,(H2,26,27). The molecule has 6 heteroatoms. The summed E-state index contributed by atoms with van der Waals surface area (Å²) in [4.78, 5) is 11.5. The molecule has 0 unspecified atom stereocenters. The Morgan fingerprint density at radius 2 is 1.26 bits per heavy atom. The van der Waals surface area contributed by atoms with E-state index in [2.05, 4.69) is 50.1 Å². The van der Waals surface area contributed by atoms with E-state index < -0.39 is 16.2 Å². The molecule has 2 rings (SSSR count). The van der Waals surface area contributed by atoms with Crippen molar-refractivity contribution in [3.8, 4) is 11.1 Å². The molecule has 0 aliphatic heterocycles. The number of hydrogen-bond donors (Lipinski definition) is 1. The van der Waals surface area contributed by atoms with Gasteiger partial charge in [0.2, 0.25) is 0 Å². The summed E-state index contributed by atoms with van der Waals surface area (Å²) in [5.41, 5.74) is 10.6. The van der Waals surface area contributed by atoms with Crippen molar-refractivity contribution in [2.45, 2.75) is 84.0 Å². The maximum Gasteiger partial charge on any atom is 0.420 e. The van der Waals surface area contributed by atoms with Crippen molar-refractivity contribution in [1.29, 1.82) is 0 Å². The van der Waals surface area contributed by atoms with Gasteiger partial charge in [-0.3, -0.25) is 0 Å². The van der Waals surface area contributed by atoms with Gasteiger partial charge in [0.1, 0.15) is 4.90 Å². The minimum absolute atomic E-state index is 0.0575. The van der Waals surface area contributed by atoms with E-state index in [0.29, 0.717) is 11.1 Å². The third kappa shape index (κ3) is 5.12. The second kappa shape index (κ2) is 9.43. The summed E-state index contributed by atoms with van der Waals surface area (Å²) in [5, 5.41) is 0. The Kier molecular flexibility index (Phi) is 7.58. The predicted octanol–water partition coefficient (Wildman–Crippen LogP) is 6.63. The zero-order valence-electron chi connectivity index (χ0n) is 19.8. The first-order valence-electron chi connectivity index (χ1n) is 10.8. The van der Waals surface area contributed by atoms with Gasteiger partial charge < -0.3 is 9.92 Å². The molecular formula is C25H35NO4S. The van der Waals surface area contributed by atoms with E-state index >= 15 is 0 Å². The van der Waals surface area contributed by atoms with Gasteiger partial charge in [-0.2, -0.15) is 8.42 Å². The first-order valence-corrected chi connectivity index (χ1v) is 12.2. The van der Waals surface area contributed by atoms with Gasteiger partial charge in [0, 0.05) is 0 Å². The number of carbonyl (C=O) groups is 1. The molecule has 0 radical (unpaired) electrons. The highest BCUT2D eigenvalue weighted by atomic mass is 32.2. The van der Waals surface area contributed by atoms with Crippen molar-refractivity contribution in [3.63, 3.8) is 0 Å². The lowest BCUT2D eigenvalue weighted by molar-refractivity contribution is 0.212. The smallest absolute Gasteiger partial charge is 0.334 e. The zero-order chi connectivity index (χ0) is 23.7. The van der Waals surface area contributed by atoms with Crippen LogP contribution in [0.2, 0.25) is 0 Å². The van der Waals surface area contributed by atoms with Crippen LogP contribution in [0.3, 0.4) is 0 Å². The normalized spacial score (nSPS) is 12.3.